The van der Waals surface area contributed by atoms with Crippen molar-refractivity contribution in [3.63, 3.8) is 0 Å². The number of carbonyl (C=O) groups excluding carboxylic acids is 1. The van der Waals surface area contributed by atoms with Crippen molar-refractivity contribution >= 4 is 28.2 Å². The molecule has 0 aliphatic heterocycles. The molecule has 0 aliphatic rings. The molecule has 3 aromatic rings. The molecule has 0 fully saturated rings. The van der Waals surface area contributed by atoms with Crippen molar-refractivity contribution in [3.8, 4) is 0 Å². The van der Waals surface area contributed by atoms with Gasteiger partial charge in [0.25, 0.3) is 0 Å². The molecule has 0 spiro atoms. The standard InChI is InChI=1S/C21H20F3N3O2/c1-27(2)12-13-29-20(28)15-6-3-4-9-17(15)26-18-10-11-25-19-14(18)7-5-8-16(19)21(22,23)24/h3-11H,12-13H2,1-2H3,(H,25,26). The highest BCUT2D eigenvalue weighted by Crippen LogP contribution is 2.36. The van der Waals surface area contributed by atoms with Gasteiger partial charge in [-0.25, -0.2) is 4.79 Å². The maximum Gasteiger partial charge on any atom is 0.418 e. The molecule has 29 heavy (non-hydrogen) atoms. The van der Waals surface area contributed by atoms with Crippen molar-refractivity contribution < 1.29 is 22.7 Å². The second-order valence-electron chi connectivity index (χ2n) is 6.67. The summed E-state index contributed by atoms with van der Waals surface area (Å²) in [6.45, 7) is 0.809. The quantitative estimate of drug-likeness (QED) is 0.604. The van der Waals surface area contributed by atoms with Gasteiger partial charge in [-0.3, -0.25) is 4.98 Å². The Hall–Kier alpha value is -3.13. The number of halogens is 3. The number of hydrogen-bond acceptors (Lipinski definition) is 5. The summed E-state index contributed by atoms with van der Waals surface area (Å²) in [6.07, 6.45) is -3.21. The van der Waals surface area contributed by atoms with Crippen molar-refractivity contribution in [1.82, 2.24) is 9.88 Å². The molecule has 0 radical (unpaired) electrons. The minimum absolute atomic E-state index is 0.156. The van der Waals surface area contributed by atoms with Crippen LogP contribution in [-0.2, 0) is 10.9 Å². The van der Waals surface area contributed by atoms with Gasteiger partial charge in [-0.1, -0.05) is 24.3 Å². The second-order valence-corrected chi connectivity index (χ2v) is 6.67. The van der Waals surface area contributed by atoms with Crippen molar-refractivity contribution in [3.05, 3.63) is 65.9 Å². The van der Waals surface area contributed by atoms with Crippen LogP contribution < -0.4 is 5.32 Å². The average molecular weight is 403 g/mol. The van der Waals surface area contributed by atoms with Gasteiger partial charge in [0.15, 0.2) is 0 Å². The van der Waals surface area contributed by atoms with Crippen molar-refractivity contribution in [2.24, 2.45) is 0 Å². The summed E-state index contributed by atoms with van der Waals surface area (Å²) in [5.74, 6) is -0.510. The molecule has 1 aromatic heterocycles. The number of nitrogens with one attached hydrogen (secondary N) is 1. The fourth-order valence-corrected chi connectivity index (χ4v) is 2.83. The Kier molecular flexibility index (Phi) is 6.03. The molecule has 152 valence electrons. The number of anilines is 2. The first-order valence-corrected chi connectivity index (χ1v) is 8.90. The highest BCUT2D eigenvalue weighted by Gasteiger charge is 2.33. The summed E-state index contributed by atoms with van der Waals surface area (Å²) in [7, 11) is 3.74. The van der Waals surface area contributed by atoms with E-state index >= 15 is 0 Å². The summed E-state index contributed by atoms with van der Waals surface area (Å²) in [5.41, 5.74) is 0.177. The Balaban J connectivity index is 1.93. The van der Waals surface area contributed by atoms with E-state index in [1.165, 1.54) is 12.3 Å². The number of carbonyl (C=O) groups is 1. The second kappa shape index (κ2) is 8.48. The number of likely N-dealkylation sites (N-methyl/N-ethyl adjacent to an activating group) is 1. The Bertz CT molecular complexity index is 1020. The zero-order valence-electron chi connectivity index (χ0n) is 16.0. The third-order valence-electron chi connectivity index (χ3n) is 4.26. The van der Waals surface area contributed by atoms with Crippen molar-refractivity contribution in [1.29, 1.82) is 0 Å². The minimum atomic E-state index is -4.51. The van der Waals surface area contributed by atoms with Gasteiger partial charge >= 0.3 is 12.1 Å². The van der Waals surface area contributed by atoms with Crippen LogP contribution in [0.25, 0.3) is 10.9 Å². The maximum atomic E-state index is 13.3. The van der Waals surface area contributed by atoms with Gasteiger partial charge in [0.2, 0.25) is 0 Å². The van der Waals surface area contributed by atoms with E-state index < -0.39 is 17.7 Å². The topological polar surface area (TPSA) is 54.5 Å². The molecule has 0 bridgehead atoms. The Morgan fingerprint density at radius 1 is 1.07 bits per heavy atom. The fourth-order valence-electron chi connectivity index (χ4n) is 2.83. The van der Waals surface area contributed by atoms with E-state index in [4.69, 9.17) is 4.74 Å². The first kappa shape index (κ1) is 20.6. The van der Waals surface area contributed by atoms with Gasteiger partial charge in [0.05, 0.1) is 22.3 Å². The van der Waals surface area contributed by atoms with E-state index in [9.17, 15) is 18.0 Å². The van der Waals surface area contributed by atoms with Gasteiger partial charge in [-0.05, 0) is 38.4 Å². The highest BCUT2D eigenvalue weighted by atomic mass is 19.4. The summed E-state index contributed by atoms with van der Waals surface area (Å²) >= 11 is 0. The SMILES string of the molecule is CN(C)CCOC(=O)c1ccccc1Nc1ccnc2c(C(F)(F)F)cccc12. The minimum Gasteiger partial charge on any atom is -0.461 e. The summed E-state index contributed by atoms with van der Waals surface area (Å²) in [4.78, 5) is 18.2. The molecule has 2 aromatic carbocycles. The zero-order valence-corrected chi connectivity index (χ0v) is 16.0. The van der Waals surface area contributed by atoms with E-state index in [-0.39, 0.29) is 12.1 Å². The first-order valence-electron chi connectivity index (χ1n) is 8.90. The molecule has 0 aliphatic carbocycles. The van der Waals surface area contributed by atoms with E-state index in [0.717, 1.165) is 6.07 Å². The third kappa shape index (κ3) is 4.83. The number of ether oxygens (including phenoxy) is 1. The lowest BCUT2D eigenvalue weighted by atomic mass is 10.1. The third-order valence-corrected chi connectivity index (χ3v) is 4.26. The van der Waals surface area contributed by atoms with Gasteiger partial charge in [0.1, 0.15) is 6.61 Å². The van der Waals surface area contributed by atoms with E-state index in [1.807, 2.05) is 19.0 Å². The number of hydrogen-bond donors (Lipinski definition) is 1. The predicted molar refractivity (Wildman–Crippen MR) is 105 cm³/mol. The zero-order chi connectivity index (χ0) is 21.0. The number of rotatable bonds is 6. The van der Waals surface area contributed by atoms with Crippen LogP contribution in [-0.4, -0.2) is 43.1 Å². The van der Waals surface area contributed by atoms with Gasteiger partial charge < -0.3 is 15.0 Å². The number of esters is 1. The maximum absolute atomic E-state index is 13.3. The van der Waals surface area contributed by atoms with Crippen LogP contribution >= 0.6 is 0 Å². The molecule has 0 saturated heterocycles. The number of alkyl halides is 3. The molecular formula is C21H20F3N3O2. The van der Waals surface area contributed by atoms with Crippen LogP contribution in [0.3, 0.4) is 0 Å². The van der Waals surface area contributed by atoms with Crippen LogP contribution in [0.2, 0.25) is 0 Å². The molecule has 0 unspecified atom stereocenters. The normalized spacial score (nSPS) is 11.7. The lowest BCUT2D eigenvalue weighted by Crippen LogP contribution is -2.20. The molecule has 0 saturated carbocycles. The number of benzene rings is 2. The Morgan fingerprint density at radius 2 is 1.83 bits per heavy atom. The Labute approximate surface area is 166 Å². The van der Waals surface area contributed by atoms with E-state index in [0.29, 0.717) is 28.9 Å². The molecule has 1 heterocycles. The van der Waals surface area contributed by atoms with E-state index in [1.54, 1.807) is 36.4 Å². The smallest absolute Gasteiger partial charge is 0.418 e. The van der Waals surface area contributed by atoms with E-state index in [2.05, 4.69) is 10.3 Å². The van der Waals surface area contributed by atoms with Gasteiger partial charge in [-0.2, -0.15) is 13.2 Å². The number of nitrogens with zero attached hydrogens (tertiary/aromatic N) is 2. The number of aromatic nitrogens is 1. The van der Waals surface area contributed by atoms with Crippen LogP contribution in [0.15, 0.2) is 54.7 Å². The largest absolute Gasteiger partial charge is 0.461 e. The van der Waals surface area contributed by atoms with Crippen molar-refractivity contribution in [2.45, 2.75) is 6.18 Å². The molecular weight excluding hydrogens is 383 g/mol. The lowest BCUT2D eigenvalue weighted by molar-refractivity contribution is -0.136. The van der Waals surface area contributed by atoms with Crippen LogP contribution in [0.1, 0.15) is 15.9 Å². The molecule has 0 atom stereocenters. The number of fused-ring (bicyclic) bond motifs is 1. The lowest BCUT2D eigenvalue weighted by Gasteiger charge is -2.15. The summed E-state index contributed by atoms with van der Waals surface area (Å²) in [5, 5.41) is 3.36. The van der Waals surface area contributed by atoms with Gasteiger partial charge in [-0.15, -0.1) is 0 Å². The molecule has 8 heteroatoms. The molecule has 0 amide bonds. The van der Waals surface area contributed by atoms with Crippen LogP contribution in [0, 0.1) is 0 Å². The summed E-state index contributed by atoms with van der Waals surface area (Å²) < 4.78 is 45.2. The molecule has 3 rings (SSSR count). The highest BCUT2D eigenvalue weighted by molar-refractivity contribution is 6.00. The van der Waals surface area contributed by atoms with Crippen LogP contribution in [0.4, 0.5) is 24.5 Å². The average Bonchev–Trinajstić information content (AvgIpc) is 2.67. The monoisotopic (exact) mass is 403 g/mol. The van der Waals surface area contributed by atoms with Gasteiger partial charge in [0, 0.05) is 23.8 Å². The number of pyridine rings is 1. The van der Waals surface area contributed by atoms with Crippen molar-refractivity contribution in [2.75, 3.05) is 32.6 Å². The molecule has 1 N–H and O–H groups in total. The first-order chi connectivity index (χ1) is 13.8. The van der Waals surface area contributed by atoms with Crippen LogP contribution in [0.5, 0.6) is 0 Å². The fraction of sp³-hybridized carbons (Fsp3) is 0.238. The number of para-hydroxylation sites is 2. The summed E-state index contributed by atoms with van der Waals surface area (Å²) in [6, 6.07) is 12.1. The predicted octanol–water partition coefficient (Wildman–Crippen LogP) is 4.72. The molecule has 5 nitrogen and oxygen atoms in total. The Morgan fingerprint density at radius 3 is 2.55 bits per heavy atom.